The largest absolute Gasteiger partial charge is 0.383 e. The van der Waals surface area contributed by atoms with Crippen LogP contribution in [0.1, 0.15) is 12.5 Å². The van der Waals surface area contributed by atoms with Gasteiger partial charge in [-0.3, -0.25) is 4.79 Å². The summed E-state index contributed by atoms with van der Waals surface area (Å²) in [5.74, 6) is -0.298. The number of hydrogen-bond donors (Lipinski definition) is 2. The first kappa shape index (κ1) is 15.6. The predicted molar refractivity (Wildman–Crippen MR) is 72.5 cm³/mol. The maximum absolute atomic E-state index is 12.7. The van der Waals surface area contributed by atoms with Crippen LogP contribution < -0.4 is 10.6 Å². The van der Waals surface area contributed by atoms with Gasteiger partial charge in [0.25, 0.3) is 0 Å². The third-order valence-electron chi connectivity index (χ3n) is 2.63. The Balaban J connectivity index is 2.24. The van der Waals surface area contributed by atoms with E-state index in [-0.39, 0.29) is 24.3 Å². The van der Waals surface area contributed by atoms with Gasteiger partial charge in [-0.1, -0.05) is 12.1 Å². The molecule has 0 saturated carbocycles. The Hall–Kier alpha value is -1.46. The van der Waals surface area contributed by atoms with E-state index in [4.69, 9.17) is 4.74 Å². The summed E-state index contributed by atoms with van der Waals surface area (Å²) in [6, 6.07) is 6.33. The molecule has 1 aromatic carbocycles. The molecule has 0 fully saturated rings. The lowest BCUT2D eigenvalue weighted by Crippen LogP contribution is -2.40. The molecule has 0 aliphatic rings. The zero-order valence-corrected chi connectivity index (χ0v) is 11.4. The Morgan fingerprint density at radius 1 is 1.37 bits per heavy atom. The van der Waals surface area contributed by atoms with Gasteiger partial charge in [-0.2, -0.15) is 0 Å². The van der Waals surface area contributed by atoms with Crippen LogP contribution in [0.5, 0.6) is 0 Å². The fraction of sp³-hybridized carbons (Fsp3) is 0.500. The molecule has 106 valence electrons. The second-order valence-corrected chi connectivity index (χ2v) is 4.47. The second-order valence-electron chi connectivity index (χ2n) is 4.47. The van der Waals surface area contributed by atoms with Crippen molar-refractivity contribution in [1.82, 2.24) is 10.6 Å². The van der Waals surface area contributed by atoms with Gasteiger partial charge in [0, 0.05) is 19.7 Å². The van der Waals surface area contributed by atoms with E-state index in [1.54, 1.807) is 19.2 Å². The zero-order valence-electron chi connectivity index (χ0n) is 11.4. The molecule has 0 aliphatic carbocycles. The molecule has 1 rings (SSSR count). The van der Waals surface area contributed by atoms with Crippen molar-refractivity contribution in [3.63, 3.8) is 0 Å². The molecule has 0 heterocycles. The first-order valence-electron chi connectivity index (χ1n) is 6.35. The van der Waals surface area contributed by atoms with E-state index < -0.39 is 0 Å². The van der Waals surface area contributed by atoms with Crippen molar-refractivity contribution < 1.29 is 13.9 Å². The standard InChI is InChI=1S/C14H21FN2O2/c1-11(9-12-3-5-13(15)6-4-12)17-14(18)10-16-7-8-19-2/h3-6,11,16H,7-10H2,1-2H3,(H,17,18). The lowest BCUT2D eigenvalue weighted by Gasteiger charge is -2.14. The molecule has 1 amide bonds. The average Bonchev–Trinajstić information content (AvgIpc) is 2.37. The van der Waals surface area contributed by atoms with E-state index in [9.17, 15) is 9.18 Å². The van der Waals surface area contributed by atoms with Gasteiger partial charge in [0.05, 0.1) is 13.2 Å². The van der Waals surface area contributed by atoms with Gasteiger partial charge in [0.15, 0.2) is 0 Å². The van der Waals surface area contributed by atoms with Crippen LogP contribution in [0.3, 0.4) is 0 Å². The highest BCUT2D eigenvalue weighted by atomic mass is 19.1. The number of methoxy groups -OCH3 is 1. The molecule has 0 radical (unpaired) electrons. The van der Waals surface area contributed by atoms with E-state index in [0.29, 0.717) is 19.6 Å². The Kier molecular flexibility index (Phi) is 7.07. The Bertz CT molecular complexity index is 382. The van der Waals surface area contributed by atoms with Crippen LogP contribution in [0.25, 0.3) is 0 Å². The van der Waals surface area contributed by atoms with Gasteiger partial charge < -0.3 is 15.4 Å². The molecule has 1 atom stereocenters. The summed E-state index contributed by atoms with van der Waals surface area (Å²) < 4.78 is 17.6. The second kappa shape index (κ2) is 8.61. The van der Waals surface area contributed by atoms with Crippen molar-refractivity contribution in [2.24, 2.45) is 0 Å². The minimum absolute atomic E-state index is 0.0159. The minimum atomic E-state index is -0.247. The quantitative estimate of drug-likeness (QED) is 0.694. The van der Waals surface area contributed by atoms with Crippen molar-refractivity contribution >= 4 is 5.91 Å². The number of carbonyl (C=O) groups excluding carboxylic acids is 1. The van der Waals surface area contributed by atoms with Crippen molar-refractivity contribution in [3.8, 4) is 0 Å². The number of ether oxygens (including phenoxy) is 1. The van der Waals surface area contributed by atoms with Gasteiger partial charge in [0.1, 0.15) is 5.82 Å². The van der Waals surface area contributed by atoms with Gasteiger partial charge in [-0.25, -0.2) is 4.39 Å². The fourth-order valence-corrected chi connectivity index (χ4v) is 1.73. The van der Waals surface area contributed by atoms with Crippen molar-refractivity contribution in [3.05, 3.63) is 35.6 Å². The SMILES string of the molecule is COCCNCC(=O)NC(C)Cc1ccc(F)cc1. The van der Waals surface area contributed by atoms with Crippen LogP contribution in [0.15, 0.2) is 24.3 Å². The summed E-state index contributed by atoms with van der Waals surface area (Å²) in [5.41, 5.74) is 1.00. The molecule has 19 heavy (non-hydrogen) atoms. The molecule has 0 bridgehead atoms. The topological polar surface area (TPSA) is 50.4 Å². The summed E-state index contributed by atoms with van der Waals surface area (Å²) in [5, 5.41) is 5.86. The van der Waals surface area contributed by atoms with Crippen LogP contribution >= 0.6 is 0 Å². The molecule has 4 nitrogen and oxygen atoms in total. The number of benzene rings is 1. The Labute approximate surface area is 113 Å². The molecule has 0 aliphatic heterocycles. The van der Waals surface area contributed by atoms with E-state index in [2.05, 4.69) is 10.6 Å². The van der Waals surface area contributed by atoms with Gasteiger partial charge >= 0.3 is 0 Å². The van der Waals surface area contributed by atoms with Crippen LogP contribution in [0, 0.1) is 5.82 Å². The van der Waals surface area contributed by atoms with Crippen LogP contribution in [-0.4, -0.2) is 38.8 Å². The molecule has 0 spiro atoms. The smallest absolute Gasteiger partial charge is 0.234 e. The monoisotopic (exact) mass is 268 g/mol. The maximum Gasteiger partial charge on any atom is 0.234 e. The first-order valence-corrected chi connectivity index (χ1v) is 6.35. The first-order chi connectivity index (χ1) is 9.11. The summed E-state index contributed by atoms with van der Waals surface area (Å²) in [7, 11) is 1.62. The lowest BCUT2D eigenvalue weighted by molar-refractivity contribution is -0.120. The number of nitrogens with one attached hydrogen (secondary N) is 2. The maximum atomic E-state index is 12.7. The highest BCUT2D eigenvalue weighted by Crippen LogP contribution is 2.05. The van der Waals surface area contributed by atoms with Crippen molar-refractivity contribution in [2.45, 2.75) is 19.4 Å². The van der Waals surface area contributed by atoms with E-state index >= 15 is 0 Å². The molecule has 2 N–H and O–H groups in total. The van der Waals surface area contributed by atoms with Crippen molar-refractivity contribution in [1.29, 1.82) is 0 Å². The van der Waals surface area contributed by atoms with Gasteiger partial charge in [0.2, 0.25) is 5.91 Å². The number of rotatable bonds is 8. The van der Waals surface area contributed by atoms with Gasteiger partial charge in [-0.15, -0.1) is 0 Å². The van der Waals surface area contributed by atoms with E-state index in [1.165, 1.54) is 12.1 Å². The molecule has 5 heteroatoms. The summed E-state index contributed by atoms with van der Waals surface area (Å²) in [6.45, 7) is 3.43. The molecular formula is C14H21FN2O2. The normalized spacial score (nSPS) is 12.2. The third-order valence-corrected chi connectivity index (χ3v) is 2.63. The molecule has 0 saturated heterocycles. The van der Waals surface area contributed by atoms with Crippen LogP contribution in [0.2, 0.25) is 0 Å². The number of hydrogen-bond acceptors (Lipinski definition) is 3. The van der Waals surface area contributed by atoms with Crippen LogP contribution in [-0.2, 0) is 16.0 Å². The lowest BCUT2D eigenvalue weighted by atomic mass is 10.1. The van der Waals surface area contributed by atoms with Crippen molar-refractivity contribution in [2.75, 3.05) is 26.8 Å². The average molecular weight is 268 g/mol. The molecular weight excluding hydrogens is 247 g/mol. The highest BCUT2D eigenvalue weighted by Gasteiger charge is 2.07. The number of carbonyl (C=O) groups is 1. The third kappa shape index (κ3) is 6.88. The fourth-order valence-electron chi connectivity index (χ4n) is 1.73. The molecule has 1 unspecified atom stereocenters. The van der Waals surface area contributed by atoms with E-state index in [1.807, 2.05) is 6.92 Å². The number of amides is 1. The van der Waals surface area contributed by atoms with Gasteiger partial charge in [-0.05, 0) is 31.0 Å². The van der Waals surface area contributed by atoms with Crippen LogP contribution in [0.4, 0.5) is 4.39 Å². The minimum Gasteiger partial charge on any atom is -0.383 e. The summed E-state index contributed by atoms with van der Waals surface area (Å²) >= 11 is 0. The zero-order chi connectivity index (χ0) is 14.1. The summed E-state index contributed by atoms with van der Waals surface area (Å²) in [6.07, 6.45) is 0.685. The van der Waals surface area contributed by atoms with E-state index in [0.717, 1.165) is 5.56 Å². The highest BCUT2D eigenvalue weighted by molar-refractivity contribution is 5.78. The Morgan fingerprint density at radius 3 is 2.68 bits per heavy atom. The number of halogens is 1. The Morgan fingerprint density at radius 2 is 2.05 bits per heavy atom. The molecule has 1 aromatic rings. The summed E-state index contributed by atoms with van der Waals surface area (Å²) in [4.78, 5) is 11.6. The predicted octanol–water partition coefficient (Wildman–Crippen LogP) is 1.11. The molecule has 0 aromatic heterocycles.